The van der Waals surface area contributed by atoms with Gasteiger partial charge in [0.25, 0.3) is 0 Å². The largest absolute Gasteiger partial charge is 0.489 e. The molecule has 0 radical (unpaired) electrons. The molecule has 0 aliphatic carbocycles. The molecule has 0 N–H and O–H groups in total. The molecule has 4 heteroatoms. The van der Waals surface area contributed by atoms with Crippen LogP contribution in [0.15, 0.2) is 36.7 Å². The van der Waals surface area contributed by atoms with Gasteiger partial charge in [0.15, 0.2) is 11.5 Å². The summed E-state index contributed by atoms with van der Waals surface area (Å²) < 4.78 is 13.1. The number of nitrogens with zero attached hydrogens (tertiary/aromatic N) is 2. The average Bonchev–Trinajstić information content (AvgIpc) is 3.12. The second-order valence-corrected chi connectivity index (χ2v) is 14.3. The summed E-state index contributed by atoms with van der Waals surface area (Å²) in [6.45, 7) is 6.01. The van der Waals surface area contributed by atoms with E-state index in [9.17, 15) is 0 Å². The molecular weight excluding hydrogens is 588 g/mol. The van der Waals surface area contributed by atoms with Crippen molar-refractivity contribution in [2.75, 3.05) is 13.2 Å². The Bertz CT molecular complexity index is 1100. The number of fused-ring (bicyclic) bond motifs is 3. The first-order valence-corrected chi connectivity index (χ1v) is 20.8. The molecule has 0 aliphatic heterocycles. The van der Waals surface area contributed by atoms with Crippen molar-refractivity contribution in [1.82, 2.24) is 9.97 Å². The zero-order valence-corrected chi connectivity index (χ0v) is 31.4. The summed E-state index contributed by atoms with van der Waals surface area (Å²) >= 11 is 0. The van der Waals surface area contributed by atoms with Crippen LogP contribution in [-0.4, -0.2) is 23.2 Å². The predicted molar refractivity (Wildman–Crippen MR) is 209 cm³/mol. The Labute approximate surface area is 295 Å². The van der Waals surface area contributed by atoms with Gasteiger partial charge >= 0.3 is 0 Å². The second kappa shape index (κ2) is 27.5. The molecule has 4 nitrogen and oxygen atoms in total. The molecule has 0 aliphatic rings. The standard InChI is InChI=1S/C44H72N2O2/c1-3-5-7-9-11-13-15-17-19-21-23-25-27-29-37-47-43-39-33-31-35-45-41(39)42-40(34-32-36-46-42)44(43)48-38-30-28-26-24-22-20-18-16-14-12-10-8-6-4-2/h31-36H,3-30,37-38H2,1-2H3. The van der Waals surface area contributed by atoms with Gasteiger partial charge < -0.3 is 9.47 Å². The van der Waals surface area contributed by atoms with E-state index in [1.54, 1.807) is 0 Å². The minimum atomic E-state index is 0.711. The van der Waals surface area contributed by atoms with Crippen LogP contribution in [0.25, 0.3) is 21.8 Å². The van der Waals surface area contributed by atoms with E-state index >= 15 is 0 Å². The molecule has 2 aromatic heterocycles. The highest BCUT2D eigenvalue weighted by molar-refractivity contribution is 6.09. The van der Waals surface area contributed by atoms with E-state index in [0.29, 0.717) is 13.2 Å². The molecule has 270 valence electrons. The fraction of sp³-hybridized carbons (Fsp3) is 0.727. The van der Waals surface area contributed by atoms with Gasteiger partial charge in [0.2, 0.25) is 0 Å². The Kier molecular flexibility index (Phi) is 22.9. The molecule has 0 saturated heterocycles. The van der Waals surface area contributed by atoms with Crippen LogP contribution in [-0.2, 0) is 0 Å². The van der Waals surface area contributed by atoms with Crippen molar-refractivity contribution in [2.24, 2.45) is 0 Å². The van der Waals surface area contributed by atoms with E-state index < -0.39 is 0 Å². The Morgan fingerprint density at radius 3 is 0.938 bits per heavy atom. The van der Waals surface area contributed by atoms with Crippen LogP contribution < -0.4 is 9.47 Å². The summed E-state index contributed by atoms with van der Waals surface area (Å²) in [5.41, 5.74) is 1.79. The van der Waals surface area contributed by atoms with Crippen LogP contribution in [0.1, 0.15) is 194 Å². The zero-order valence-electron chi connectivity index (χ0n) is 31.4. The fourth-order valence-corrected chi connectivity index (χ4v) is 7.03. The molecular formula is C44H72N2O2. The molecule has 48 heavy (non-hydrogen) atoms. The van der Waals surface area contributed by atoms with Gasteiger partial charge in [0.05, 0.1) is 13.2 Å². The smallest absolute Gasteiger partial charge is 0.171 e. The molecule has 0 fully saturated rings. The average molecular weight is 661 g/mol. The molecule has 0 spiro atoms. The van der Waals surface area contributed by atoms with Crippen molar-refractivity contribution in [3.63, 3.8) is 0 Å². The Morgan fingerprint density at radius 2 is 0.646 bits per heavy atom. The van der Waals surface area contributed by atoms with Gasteiger partial charge in [0, 0.05) is 23.2 Å². The van der Waals surface area contributed by atoms with Crippen molar-refractivity contribution in [2.45, 2.75) is 194 Å². The minimum Gasteiger partial charge on any atom is -0.489 e. The first-order chi connectivity index (χ1) is 23.9. The van der Waals surface area contributed by atoms with Gasteiger partial charge in [-0.15, -0.1) is 0 Å². The molecule has 0 amide bonds. The minimum absolute atomic E-state index is 0.711. The summed E-state index contributed by atoms with van der Waals surface area (Å²) in [5, 5.41) is 2.01. The van der Waals surface area contributed by atoms with Crippen molar-refractivity contribution in [3.8, 4) is 11.5 Å². The first kappa shape index (κ1) is 40.1. The number of benzene rings is 1. The zero-order chi connectivity index (χ0) is 33.7. The summed E-state index contributed by atoms with van der Waals surface area (Å²) in [7, 11) is 0. The maximum atomic E-state index is 6.55. The Hall–Kier alpha value is -2.36. The van der Waals surface area contributed by atoms with Gasteiger partial charge in [-0.1, -0.05) is 181 Å². The number of ether oxygens (including phenoxy) is 2. The Balaban J connectivity index is 1.35. The fourth-order valence-electron chi connectivity index (χ4n) is 7.03. The van der Waals surface area contributed by atoms with Gasteiger partial charge in [-0.3, -0.25) is 9.97 Å². The lowest BCUT2D eigenvalue weighted by molar-refractivity contribution is 0.263. The summed E-state index contributed by atoms with van der Waals surface area (Å²) in [6, 6.07) is 8.20. The van der Waals surface area contributed by atoms with E-state index in [0.717, 1.165) is 46.1 Å². The van der Waals surface area contributed by atoms with Gasteiger partial charge in [-0.2, -0.15) is 0 Å². The van der Waals surface area contributed by atoms with Crippen LogP contribution in [0.4, 0.5) is 0 Å². The number of rotatable bonds is 32. The topological polar surface area (TPSA) is 44.2 Å². The van der Waals surface area contributed by atoms with E-state index in [4.69, 9.17) is 19.4 Å². The Morgan fingerprint density at radius 1 is 0.375 bits per heavy atom. The molecule has 3 aromatic rings. The summed E-state index contributed by atoms with van der Waals surface area (Å²) in [6.07, 6.45) is 41.8. The van der Waals surface area contributed by atoms with E-state index in [1.165, 1.54) is 167 Å². The summed E-state index contributed by atoms with van der Waals surface area (Å²) in [4.78, 5) is 9.42. The quantitative estimate of drug-likeness (QED) is 0.0494. The van der Waals surface area contributed by atoms with Crippen molar-refractivity contribution < 1.29 is 9.47 Å². The lowest BCUT2D eigenvalue weighted by Gasteiger charge is -2.18. The van der Waals surface area contributed by atoms with Crippen LogP contribution in [0, 0.1) is 0 Å². The molecule has 3 rings (SSSR count). The number of hydrogen-bond donors (Lipinski definition) is 0. The third-order valence-electron chi connectivity index (χ3n) is 10.0. The first-order valence-electron chi connectivity index (χ1n) is 20.8. The predicted octanol–water partition coefficient (Wildman–Crippen LogP) is 14.5. The van der Waals surface area contributed by atoms with Gasteiger partial charge in [-0.05, 0) is 37.1 Å². The molecule has 1 aromatic carbocycles. The van der Waals surface area contributed by atoms with Crippen LogP contribution in [0.3, 0.4) is 0 Å². The number of unbranched alkanes of at least 4 members (excludes halogenated alkanes) is 26. The second-order valence-electron chi connectivity index (χ2n) is 14.3. The van der Waals surface area contributed by atoms with E-state index in [-0.39, 0.29) is 0 Å². The maximum absolute atomic E-state index is 6.55. The molecule has 0 saturated carbocycles. The highest BCUT2D eigenvalue weighted by Crippen LogP contribution is 2.42. The number of hydrogen-bond acceptors (Lipinski definition) is 4. The SMILES string of the molecule is CCCCCCCCCCCCCCCCOc1c(OCCCCCCCCCCCCCCCC)c2cccnc2c2ncccc12. The van der Waals surface area contributed by atoms with Crippen molar-refractivity contribution in [1.29, 1.82) is 0 Å². The van der Waals surface area contributed by atoms with Crippen molar-refractivity contribution in [3.05, 3.63) is 36.7 Å². The van der Waals surface area contributed by atoms with Crippen LogP contribution in [0.2, 0.25) is 0 Å². The molecule has 2 heterocycles. The van der Waals surface area contributed by atoms with Gasteiger partial charge in [-0.25, -0.2) is 0 Å². The number of aromatic nitrogens is 2. The van der Waals surface area contributed by atoms with Crippen LogP contribution in [0.5, 0.6) is 11.5 Å². The maximum Gasteiger partial charge on any atom is 0.171 e. The normalized spacial score (nSPS) is 11.5. The highest BCUT2D eigenvalue weighted by Gasteiger charge is 2.18. The van der Waals surface area contributed by atoms with Crippen LogP contribution >= 0.6 is 0 Å². The third kappa shape index (κ3) is 16.4. The third-order valence-corrected chi connectivity index (χ3v) is 10.0. The summed E-state index contributed by atoms with van der Waals surface area (Å²) in [5.74, 6) is 1.69. The van der Waals surface area contributed by atoms with Crippen molar-refractivity contribution >= 4 is 21.8 Å². The lowest BCUT2D eigenvalue weighted by Crippen LogP contribution is -2.05. The van der Waals surface area contributed by atoms with Gasteiger partial charge in [0.1, 0.15) is 11.0 Å². The number of pyridine rings is 2. The molecule has 0 atom stereocenters. The lowest BCUT2D eigenvalue weighted by atomic mass is 10.0. The monoisotopic (exact) mass is 661 g/mol. The van der Waals surface area contributed by atoms with E-state index in [2.05, 4.69) is 26.0 Å². The molecule has 0 bridgehead atoms. The van der Waals surface area contributed by atoms with E-state index in [1.807, 2.05) is 24.5 Å². The highest BCUT2D eigenvalue weighted by atomic mass is 16.5. The molecule has 0 unspecified atom stereocenters.